The summed E-state index contributed by atoms with van der Waals surface area (Å²) in [6.07, 6.45) is 7.68. The van der Waals surface area contributed by atoms with Crippen molar-refractivity contribution in [2.24, 2.45) is 0 Å². The van der Waals surface area contributed by atoms with E-state index in [0.717, 1.165) is 38.2 Å². The Bertz CT molecular complexity index is 879. The number of benzene rings is 1. The monoisotopic (exact) mass is 443 g/mol. The Labute approximate surface area is 187 Å². The Hall–Kier alpha value is -3.49. The fraction of sp³-hybridized carbons (Fsp3) is 0.435. The van der Waals surface area contributed by atoms with Crippen molar-refractivity contribution in [3.63, 3.8) is 0 Å². The normalized spacial score (nSPS) is 19.0. The molecule has 2 aliphatic rings. The zero-order chi connectivity index (χ0) is 23.1. The average molecular weight is 444 g/mol. The van der Waals surface area contributed by atoms with Gasteiger partial charge in [0.05, 0.1) is 26.0 Å². The first kappa shape index (κ1) is 23.2. The molecule has 1 aromatic rings. The maximum absolute atomic E-state index is 13.4. The number of rotatable bonds is 6. The number of amides is 1. The van der Waals surface area contributed by atoms with Crippen LogP contribution < -0.4 is 4.90 Å². The highest BCUT2D eigenvalue weighted by Crippen LogP contribution is 2.30. The molecule has 0 saturated heterocycles. The molecular weight excluding hydrogens is 414 g/mol. The summed E-state index contributed by atoms with van der Waals surface area (Å²) in [4.78, 5) is 42.6. The van der Waals surface area contributed by atoms with Crippen molar-refractivity contribution in [3.8, 4) is 0 Å². The molecule has 32 heavy (non-hydrogen) atoms. The zero-order valence-corrected chi connectivity index (χ0v) is 18.6. The summed E-state index contributed by atoms with van der Waals surface area (Å²) >= 11 is 0. The number of carbonyl (C=O) groups excluding carboxylic acids is 3. The van der Waals surface area contributed by atoms with Crippen molar-refractivity contribution in [3.05, 3.63) is 54.5 Å². The second-order valence-corrected chi connectivity index (χ2v) is 7.61. The Kier molecular flexibility index (Phi) is 7.75. The Morgan fingerprint density at radius 3 is 2.31 bits per heavy atom. The standard InChI is InChI=1S/C23H29N3O6/c1-24-14-15-25(19(21(28)31-3)16-20(27)30-2)22(24)26(17-10-6-4-7-11-17)23(29)32-18-12-8-5-9-13-18/h4,6-7,10-11,14-16,18,22H,5,8-9,12-13H2,1-3H3/b19-16+. The number of para-hydroxylation sites is 1. The topological polar surface area (TPSA) is 88.6 Å². The fourth-order valence-corrected chi connectivity index (χ4v) is 3.86. The molecule has 1 aromatic carbocycles. The molecule has 0 radical (unpaired) electrons. The number of ether oxygens (including phenoxy) is 3. The molecule has 1 aliphatic heterocycles. The smallest absolute Gasteiger partial charge is 0.417 e. The number of hydrogen-bond donors (Lipinski definition) is 0. The van der Waals surface area contributed by atoms with Crippen LogP contribution in [-0.2, 0) is 23.8 Å². The van der Waals surface area contributed by atoms with Gasteiger partial charge in [0, 0.05) is 19.4 Å². The van der Waals surface area contributed by atoms with Gasteiger partial charge in [0.25, 0.3) is 0 Å². The van der Waals surface area contributed by atoms with E-state index in [0.29, 0.717) is 5.69 Å². The van der Waals surface area contributed by atoms with Gasteiger partial charge in [-0.1, -0.05) is 24.6 Å². The molecule has 172 valence electrons. The molecule has 0 bridgehead atoms. The van der Waals surface area contributed by atoms with Crippen LogP contribution in [0.3, 0.4) is 0 Å². The van der Waals surface area contributed by atoms with Crippen LogP contribution in [0.1, 0.15) is 32.1 Å². The van der Waals surface area contributed by atoms with Gasteiger partial charge in [-0.3, -0.25) is 0 Å². The predicted octanol–water partition coefficient (Wildman–Crippen LogP) is 3.19. The van der Waals surface area contributed by atoms with Crippen molar-refractivity contribution >= 4 is 23.7 Å². The largest absolute Gasteiger partial charge is 0.466 e. The first-order chi connectivity index (χ1) is 15.5. The molecular formula is C23H29N3O6. The zero-order valence-electron chi connectivity index (χ0n) is 18.6. The lowest BCUT2D eigenvalue weighted by molar-refractivity contribution is -0.140. The molecule has 1 fully saturated rings. The van der Waals surface area contributed by atoms with E-state index in [9.17, 15) is 14.4 Å². The first-order valence-corrected chi connectivity index (χ1v) is 10.6. The van der Waals surface area contributed by atoms with E-state index in [1.54, 1.807) is 36.5 Å². The van der Waals surface area contributed by atoms with Gasteiger partial charge in [-0.05, 0) is 37.8 Å². The van der Waals surface area contributed by atoms with Gasteiger partial charge >= 0.3 is 18.0 Å². The summed E-state index contributed by atoms with van der Waals surface area (Å²) in [5, 5.41) is 0. The van der Waals surface area contributed by atoms with Crippen molar-refractivity contribution in [2.75, 3.05) is 26.2 Å². The van der Waals surface area contributed by atoms with Crippen LogP contribution in [0.4, 0.5) is 10.5 Å². The van der Waals surface area contributed by atoms with E-state index in [1.165, 1.54) is 24.0 Å². The molecule has 3 rings (SSSR count). The Morgan fingerprint density at radius 2 is 1.69 bits per heavy atom. The number of anilines is 1. The number of nitrogens with zero attached hydrogens (tertiary/aromatic N) is 3. The van der Waals surface area contributed by atoms with Crippen molar-refractivity contribution in [2.45, 2.75) is 44.5 Å². The molecule has 9 nitrogen and oxygen atoms in total. The van der Waals surface area contributed by atoms with Crippen LogP contribution >= 0.6 is 0 Å². The lowest BCUT2D eigenvalue weighted by Gasteiger charge is -2.39. The lowest BCUT2D eigenvalue weighted by atomic mass is 9.98. The summed E-state index contributed by atoms with van der Waals surface area (Å²) in [5.74, 6) is -1.46. The lowest BCUT2D eigenvalue weighted by Crippen LogP contribution is -2.55. The van der Waals surface area contributed by atoms with Crippen molar-refractivity contribution in [1.82, 2.24) is 9.80 Å². The third kappa shape index (κ3) is 5.22. The number of methoxy groups -OCH3 is 2. The van der Waals surface area contributed by atoms with Gasteiger partial charge in [-0.25, -0.2) is 19.3 Å². The molecule has 0 aromatic heterocycles. The first-order valence-electron chi connectivity index (χ1n) is 10.6. The maximum Gasteiger partial charge on any atom is 0.417 e. The predicted molar refractivity (Wildman–Crippen MR) is 117 cm³/mol. The van der Waals surface area contributed by atoms with Crippen LogP contribution in [-0.4, -0.2) is 61.5 Å². The van der Waals surface area contributed by atoms with Gasteiger partial charge in [-0.2, -0.15) is 0 Å². The quantitative estimate of drug-likeness (QED) is 0.376. The third-order valence-electron chi connectivity index (χ3n) is 5.49. The molecule has 1 aliphatic carbocycles. The number of esters is 2. The van der Waals surface area contributed by atoms with E-state index in [4.69, 9.17) is 14.2 Å². The van der Waals surface area contributed by atoms with E-state index in [1.807, 2.05) is 18.2 Å². The van der Waals surface area contributed by atoms with Crippen LogP contribution in [0, 0.1) is 0 Å². The van der Waals surface area contributed by atoms with E-state index in [2.05, 4.69) is 0 Å². The number of hydrogen-bond acceptors (Lipinski definition) is 8. The highest BCUT2D eigenvalue weighted by Gasteiger charge is 2.40. The molecule has 1 heterocycles. The van der Waals surface area contributed by atoms with E-state index in [-0.39, 0.29) is 11.8 Å². The molecule has 9 heteroatoms. The number of carbonyl (C=O) groups is 3. The second kappa shape index (κ2) is 10.7. The van der Waals surface area contributed by atoms with Crippen LogP contribution in [0.5, 0.6) is 0 Å². The summed E-state index contributed by atoms with van der Waals surface area (Å²) < 4.78 is 15.4. The minimum absolute atomic E-state index is 0.0728. The molecule has 1 amide bonds. The Balaban J connectivity index is 1.99. The van der Waals surface area contributed by atoms with E-state index >= 15 is 0 Å². The van der Waals surface area contributed by atoms with Crippen molar-refractivity contribution < 1.29 is 28.6 Å². The van der Waals surface area contributed by atoms with Crippen LogP contribution in [0.25, 0.3) is 0 Å². The van der Waals surface area contributed by atoms with Crippen LogP contribution in [0.2, 0.25) is 0 Å². The summed E-state index contributed by atoms with van der Waals surface area (Å²) in [6.45, 7) is 0. The summed E-state index contributed by atoms with van der Waals surface area (Å²) in [5.41, 5.74) is 0.512. The van der Waals surface area contributed by atoms with Gasteiger partial charge in [0.2, 0.25) is 0 Å². The van der Waals surface area contributed by atoms with E-state index < -0.39 is 24.3 Å². The average Bonchev–Trinajstić information content (AvgIpc) is 3.19. The van der Waals surface area contributed by atoms with Crippen molar-refractivity contribution in [1.29, 1.82) is 0 Å². The highest BCUT2D eigenvalue weighted by atomic mass is 16.6. The Morgan fingerprint density at radius 1 is 1.00 bits per heavy atom. The second-order valence-electron chi connectivity index (χ2n) is 7.61. The molecule has 1 unspecified atom stereocenters. The van der Waals surface area contributed by atoms with Gasteiger partial charge < -0.3 is 24.0 Å². The molecule has 0 N–H and O–H groups in total. The van der Waals surface area contributed by atoms with Gasteiger partial charge in [0.1, 0.15) is 11.8 Å². The molecule has 0 spiro atoms. The highest BCUT2D eigenvalue weighted by molar-refractivity contribution is 5.96. The SMILES string of the molecule is COC(=O)/C=C(\C(=O)OC)N1C=CN(C)C1N(C(=O)OC1CCCCC1)c1ccccc1. The van der Waals surface area contributed by atoms with Crippen LogP contribution in [0.15, 0.2) is 54.5 Å². The van der Waals surface area contributed by atoms with Gasteiger partial charge in [0.15, 0.2) is 6.29 Å². The molecule has 1 saturated carbocycles. The van der Waals surface area contributed by atoms with Gasteiger partial charge in [-0.15, -0.1) is 0 Å². The summed E-state index contributed by atoms with van der Waals surface area (Å²) in [7, 11) is 4.20. The minimum atomic E-state index is -0.802. The summed E-state index contributed by atoms with van der Waals surface area (Å²) in [6, 6.07) is 9.05. The minimum Gasteiger partial charge on any atom is -0.466 e. The fourth-order valence-electron chi connectivity index (χ4n) is 3.86. The maximum atomic E-state index is 13.4. The molecule has 1 atom stereocenters. The third-order valence-corrected chi connectivity index (χ3v) is 5.49.